The molecule has 0 spiro atoms. The van der Waals surface area contributed by atoms with Crippen LogP contribution in [0.1, 0.15) is 16.3 Å². The van der Waals surface area contributed by atoms with Crippen molar-refractivity contribution in [2.45, 2.75) is 14.9 Å². The van der Waals surface area contributed by atoms with Crippen molar-refractivity contribution in [3.05, 3.63) is 411 Å². The predicted molar refractivity (Wildman–Crippen MR) is 505 cm³/mol. The first-order valence-corrected chi connectivity index (χ1v) is 41.0. The van der Waals surface area contributed by atoms with Gasteiger partial charge in [-0.05, 0) is 100 Å². The monoisotopic (exact) mass is 2040 g/mol. The number of fused-ring (bicyclic) bond motifs is 12. The van der Waals surface area contributed by atoms with E-state index in [2.05, 4.69) is 323 Å². The molecule has 0 N–H and O–H groups in total. The van der Waals surface area contributed by atoms with Crippen molar-refractivity contribution in [1.82, 2.24) is 58.0 Å². The number of benzene rings is 16. The minimum absolute atomic E-state index is 0. The molecule has 0 saturated carbocycles. The van der Waals surface area contributed by atoms with Gasteiger partial charge in [-0.2, -0.15) is 0 Å². The largest absolute Gasteiger partial charge is 1.00 e. The third-order valence-electron chi connectivity index (χ3n) is 22.3. The van der Waals surface area contributed by atoms with Gasteiger partial charge in [0.25, 0.3) is 12.4 Å². The fourth-order valence-electron chi connectivity index (χ4n) is 17.0. The molecule has 0 amide bonds. The molecule has 23 rings (SSSR count). The van der Waals surface area contributed by atoms with Crippen LogP contribution in [-0.4, -0.2) is 71.5 Å². The summed E-state index contributed by atoms with van der Waals surface area (Å²) in [5.41, 5.74) is 15.1. The number of carbonyl (C=O) groups is 1. The van der Waals surface area contributed by atoms with Gasteiger partial charge in [-0.1, -0.05) is 276 Å². The van der Waals surface area contributed by atoms with E-state index in [1.165, 1.54) is 26.1 Å². The number of nitrogens with zero attached hydrogens (tertiary/aromatic N) is 13. The standard InChI is InChI=1S/C68H43N7.C20H11F4N3.C14H6F4N2O.CH4NP.CH2O3.2CH4.2Cs.H/c1-3-23-44(24-4-1)67-69-70-68(71(67)45-25-5-2-6-26-45)64-65(74-58-39-19-11-31-50(58)51-32-12-20-40-59(51)74)62(72-54-35-15-7-27-46(54)47-28-8-16-36-55(47)72)43-63(73-56-37-17-9-29-48(56)49-30-10-18-38-57(49)73)66(64)75-60-41-21-13-33-52(60)53-34-14-22-42-61(53)75;21-14-11-15(22)18(24)16(17(14)23)20-26-25-19(12-7-3-1-4-8-12)27(20)13-9-5-2-6-10-13;15-8-6-9(16)12(18)10(11(8)17)14-20-19-13(21-14)7-4-2-1-3-5-7;1-2-3;2-1-4-3;;;;;/h1-43H;1-11H;1-6H;3H,1H3;1,3H;2*1H4;;;/q;;;;;;;2*+1;-1/p-1. The third-order valence-corrected chi connectivity index (χ3v) is 22.3. The maximum absolute atomic E-state index is 14.4. The number of hydrogen-bond acceptors (Lipinski definition) is 11. The average molecular weight is 2040 g/mol. The summed E-state index contributed by atoms with van der Waals surface area (Å²) < 4.78 is 132. The van der Waals surface area contributed by atoms with E-state index >= 15 is 0 Å². The van der Waals surface area contributed by atoms with Gasteiger partial charge in [0.15, 0.2) is 69.8 Å². The normalized spacial score (nSPS) is 10.9. The number of para-hydroxylation sites is 10. The molecule has 23 aromatic rings. The van der Waals surface area contributed by atoms with Crippen LogP contribution in [0.25, 0.3) is 190 Å². The van der Waals surface area contributed by atoms with Crippen LogP contribution < -0.4 is 143 Å². The molecule has 17 nitrogen and oxygen atoms in total. The first kappa shape index (κ1) is 95.8. The number of halogens is 8. The van der Waals surface area contributed by atoms with Crippen LogP contribution in [0.15, 0.2) is 373 Å². The van der Waals surface area contributed by atoms with E-state index in [1.54, 1.807) is 98.0 Å². The summed E-state index contributed by atoms with van der Waals surface area (Å²) in [5.74, 6) is -11.6. The molecule has 0 aliphatic heterocycles. The molecule has 28 heteroatoms. The Kier molecular flexibility index (Phi) is 30.2. The van der Waals surface area contributed by atoms with Crippen LogP contribution >= 0.6 is 9.03 Å². The molecule has 0 aliphatic rings. The van der Waals surface area contributed by atoms with Crippen LogP contribution in [0.5, 0.6) is 0 Å². The van der Waals surface area contributed by atoms with Crippen molar-refractivity contribution in [2.75, 3.05) is 7.05 Å². The molecule has 7 heterocycles. The van der Waals surface area contributed by atoms with Gasteiger partial charge in [-0.25, -0.2) is 35.1 Å². The third kappa shape index (κ3) is 17.7. The van der Waals surface area contributed by atoms with Gasteiger partial charge in [0.2, 0.25) is 5.89 Å². The fraction of sp³-hybridized carbons (Fsp3) is 0.0283. The molecule has 650 valence electrons. The quantitative estimate of drug-likeness (QED) is 0.0269. The molecule has 16 aromatic carbocycles. The molecule has 0 saturated heterocycles. The van der Waals surface area contributed by atoms with Gasteiger partial charge in [0, 0.05) is 90.3 Å². The van der Waals surface area contributed by atoms with E-state index in [1.807, 2.05) is 0 Å². The molecular formula is C106H74Cs2F8N13O4P. The van der Waals surface area contributed by atoms with Gasteiger partial charge in [0.1, 0.15) is 5.56 Å². The minimum atomic E-state index is -1.59. The Morgan fingerprint density at radius 1 is 0.306 bits per heavy atom. The smallest absolute Gasteiger partial charge is 1.00 e. The first-order chi connectivity index (χ1) is 63.8. The van der Waals surface area contributed by atoms with Gasteiger partial charge < -0.3 is 34.3 Å². The Balaban J connectivity index is 0.000000199. The molecule has 134 heavy (non-hydrogen) atoms. The fourth-order valence-corrected chi connectivity index (χ4v) is 17.0. The zero-order valence-electron chi connectivity index (χ0n) is 71.2. The van der Waals surface area contributed by atoms with Gasteiger partial charge in [0.05, 0.1) is 78.0 Å². The zero-order valence-corrected chi connectivity index (χ0v) is 83.7. The molecule has 0 radical (unpaired) electrons. The molecule has 0 atom stereocenters. The summed E-state index contributed by atoms with van der Waals surface area (Å²) in [6.45, 7) is -0.181. The molecule has 7 aromatic heterocycles. The van der Waals surface area contributed by atoms with Gasteiger partial charge >= 0.3 is 138 Å². The zero-order chi connectivity index (χ0) is 89.2. The van der Waals surface area contributed by atoms with E-state index in [4.69, 9.17) is 24.7 Å². The van der Waals surface area contributed by atoms with Crippen LogP contribution in [-0.2, 0) is 9.68 Å². The summed E-state index contributed by atoms with van der Waals surface area (Å²) in [5, 5.41) is 43.5. The van der Waals surface area contributed by atoms with Crippen molar-refractivity contribution < 1.29 is 194 Å². The second-order valence-electron chi connectivity index (χ2n) is 29.6. The predicted octanol–water partition coefficient (Wildman–Crippen LogP) is 20.9. The Labute approximate surface area is 882 Å². The van der Waals surface area contributed by atoms with E-state index in [0.29, 0.717) is 22.6 Å². The Morgan fingerprint density at radius 3 is 0.828 bits per heavy atom. The number of hydrogen-bond donors (Lipinski definition) is 0. The van der Waals surface area contributed by atoms with Crippen molar-refractivity contribution in [3.8, 4) is 103 Å². The van der Waals surface area contributed by atoms with E-state index in [-0.39, 0.29) is 190 Å². The summed E-state index contributed by atoms with van der Waals surface area (Å²) in [6.07, 6.45) is 0. The van der Waals surface area contributed by atoms with Crippen LogP contribution in [0.4, 0.5) is 35.1 Å². The Hall–Kier alpha value is -12.8. The topological polar surface area (TPSA) is 182 Å². The van der Waals surface area contributed by atoms with Gasteiger partial charge in [-0.15, -0.1) is 30.6 Å². The second kappa shape index (κ2) is 42.2. The maximum Gasteiger partial charge on any atom is 1.00 e. The Morgan fingerprint density at radius 2 is 0.537 bits per heavy atom. The molecule has 0 fully saturated rings. The average Bonchev–Trinajstić information content (AvgIpc) is 1.54. The second-order valence-corrected chi connectivity index (χ2v) is 30.1. The van der Waals surface area contributed by atoms with Crippen LogP contribution in [0.3, 0.4) is 0 Å². The van der Waals surface area contributed by atoms with Crippen LogP contribution in [0, 0.1) is 46.5 Å². The summed E-state index contributed by atoms with van der Waals surface area (Å²) in [6, 6.07) is 120. The molecule has 0 unspecified atom stereocenters. The summed E-state index contributed by atoms with van der Waals surface area (Å²) >= 11 is 0. The summed E-state index contributed by atoms with van der Waals surface area (Å²) in [7, 11) is 4.47. The van der Waals surface area contributed by atoms with E-state index in [0.717, 1.165) is 111 Å². The number of aromatic nitrogens is 12. The van der Waals surface area contributed by atoms with Gasteiger partial charge in [-0.3, -0.25) is 18.7 Å². The minimum Gasteiger partial charge on any atom is -1.00 e. The SMILES string of the molecule is C.C.CN=P.Fc1cc(F)c(F)c(-c2nnc(-c3ccccc3)n2-c2ccccc2)c1F.Fc1cc(F)c(F)c(-c2nnc(-c3ccccc3)o2)c1F.O=CO[O-].[Cs+].[Cs+].[H-].c1ccc(-c2nnc(-c3c(-n4c5ccccc5c5ccccc54)c(-n4c5ccccc5c5ccccc54)cc(-n4c5ccccc5c5ccccc54)c3-n3c4ccccc4c4ccccc43)n2-c2ccccc2)cc1. The Bertz CT molecular complexity index is 7740. The molecule has 0 bridgehead atoms. The van der Waals surface area contributed by atoms with E-state index < -0.39 is 63.6 Å². The molecular weight excluding hydrogens is 1970 g/mol. The van der Waals surface area contributed by atoms with Crippen molar-refractivity contribution in [1.29, 1.82) is 0 Å². The molecule has 0 aliphatic carbocycles. The van der Waals surface area contributed by atoms with Crippen molar-refractivity contribution in [2.24, 2.45) is 4.74 Å². The summed E-state index contributed by atoms with van der Waals surface area (Å²) in [4.78, 5) is 11.2. The van der Waals surface area contributed by atoms with E-state index in [9.17, 15) is 35.1 Å². The van der Waals surface area contributed by atoms with Crippen molar-refractivity contribution in [3.63, 3.8) is 0 Å². The van der Waals surface area contributed by atoms with Crippen molar-refractivity contribution >= 4 is 103 Å². The van der Waals surface area contributed by atoms with Crippen LogP contribution in [0.2, 0.25) is 0 Å². The maximum atomic E-state index is 14.4. The number of carbonyl (C=O) groups excluding carboxylic acids is 1. The number of rotatable bonds is 13. The first-order valence-electron chi connectivity index (χ1n) is 40.6.